The topological polar surface area (TPSA) is 113 Å². The molecule has 5 aromatic rings. The summed E-state index contributed by atoms with van der Waals surface area (Å²) in [5, 5.41) is 14.3. The van der Waals surface area contributed by atoms with Crippen LogP contribution < -0.4 is 10.1 Å². The number of fused-ring (bicyclic) bond motifs is 2. The van der Waals surface area contributed by atoms with Gasteiger partial charge in [-0.05, 0) is 48.6 Å². The van der Waals surface area contributed by atoms with E-state index < -0.39 is 48.1 Å². The number of aliphatic hydroxyl groups is 1. The number of hydrogen-bond donors (Lipinski definition) is 2. The van der Waals surface area contributed by atoms with E-state index >= 15 is 0 Å². The standard InChI is InChI=1S/C37H38FN5O5/c1-34-32(46-36(48-34)19-9-10-20-36)35(21-38,22-44)47-33(34)43-24-41-29-30(39-23-40-31(29)43)42-37(25-11-5-3-6-12-25,26-13-7-4-8-14-26)27-15-17-28(45-2)18-16-27/h3-8,11-18,23-24,32-33,44H,9-10,19-22H2,1-2H3,(H,39,40,42)/t32-,33+,34+,35+/m0/s1. The average Bonchev–Trinajstić information content (AvgIpc) is 3.90. The van der Waals surface area contributed by atoms with Crippen LogP contribution in [0.5, 0.6) is 5.75 Å². The molecular weight excluding hydrogens is 613 g/mol. The molecule has 11 heteroatoms. The summed E-state index contributed by atoms with van der Waals surface area (Å²) in [6.07, 6.45) is 4.68. The first-order chi connectivity index (χ1) is 23.4. The van der Waals surface area contributed by atoms with E-state index in [1.54, 1.807) is 18.0 Å². The van der Waals surface area contributed by atoms with Gasteiger partial charge in [0.15, 0.2) is 34.6 Å². The molecule has 2 N–H and O–H groups in total. The predicted molar refractivity (Wildman–Crippen MR) is 176 cm³/mol. The van der Waals surface area contributed by atoms with E-state index in [-0.39, 0.29) is 0 Å². The van der Waals surface area contributed by atoms with Crippen LogP contribution in [0.3, 0.4) is 0 Å². The fourth-order valence-corrected chi connectivity index (χ4v) is 7.98. The molecule has 3 fully saturated rings. The van der Waals surface area contributed by atoms with Gasteiger partial charge < -0.3 is 29.4 Å². The number of nitrogens with one attached hydrogen (secondary N) is 1. The second-order valence-corrected chi connectivity index (χ2v) is 13.1. The third kappa shape index (κ3) is 4.56. The maximum atomic E-state index is 14.9. The molecule has 248 valence electrons. The van der Waals surface area contributed by atoms with E-state index in [4.69, 9.17) is 28.9 Å². The number of anilines is 1. The average molecular weight is 652 g/mol. The molecule has 2 aliphatic heterocycles. The van der Waals surface area contributed by atoms with Crippen LogP contribution in [0.15, 0.2) is 97.6 Å². The van der Waals surface area contributed by atoms with Gasteiger partial charge in [-0.25, -0.2) is 19.3 Å². The zero-order valence-electron chi connectivity index (χ0n) is 26.9. The van der Waals surface area contributed by atoms with Crippen molar-refractivity contribution in [3.63, 3.8) is 0 Å². The van der Waals surface area contributed by atoms with Crippen LogP contribution in [0.25, 0.3) is 11.2 Å². The number of hydrogen-bond acceptors (Lipinski definition) is 9. The molecule has 48 heavy (non-hydrogen) atoms. The van der Waals surface area contributed by atoms with E-state index in [1.807, 2.05) is 67.6 Å². The highest BCUT2D eigenvalue weighted by molar-refractivity contribution is 5.84. The van der Waals surface area contributed by atoms with Crippen LogP contribution in [0.4, 0.5) is 10.2 Å². The van der Waals surface area contributed by atoms with E-state index in [0.29, 0.717) is 29.8 Å². The predicted octanol–water partition coefficient (Wildman–Crippen LogP) is 5.91. The Morgan fingerprint density at radius 1 is 0.917 bits per heavy atom. The lowest BCUT2D eigenvalue weighted by molar-refractivity contribution is -0.252. The Labute approximate surface area is 277 Å². The lowest BCUT2D eigenvalue weighted by atomic mass is 9.77. The minimum Gasteiger partial charge on any atom is -0.497 e. The number of imidazole rings is 1. The van der Waals surface area contributed by atoms with Gasteiger partial charge in [-0.15, -0.1) is 0 Å². The van der Waals surface area contributed by atoms with Crippen molar-refractivity contribution in [3.8, 4) is 5.75 Å². The summed E-state index contributed by atoms with van der Waals surface area (Å²) < 4.78 is 41.7. The Kier molecular flexibility index (Phi) is 7.48. The highest BCUT2D eigenvalue weighted by Gasteiger charge is 2.72. The SMILES string of the molecule is COc1ccc(C(Nc2ncnc3c2ncn3[C@@H]2O[C@@](CO)(CF)[C@H]3OC4(CCCC4)O[C@]32C)(c2ccccc2)c2ccccc2)cc1. The number of halogens is 1. The first kappa shape index (κ1) is 30.9. The van der Waals surface area contributed by atoms with E-state index in [0.717, 1.165) is 35.3 Å². The van der Waals surface area contributed by atoms with Crippen LogP contribution in [0.2, 0.25) is 0 Å². The zero-order chi connectivity index (χ0) is 33.0. The van der Waals surface area contributed by atoms with Crippen LogP contribution in [-0.4, -0.2) is 68.1 Å². The van der Waals surface area contributed by atoms with Crippen LogP contribution in [0, 0.1) is 0 Å². The maximum absolute atomic E-state index is 14.9. The molecule has 1 spiro atoms. The van der Waals surface area contributed by atoms with Crippen LogP contribution in [-0.2, 0) is 19.7 Å². The largest absolute Gasteiger partial charge is 0.497 e. The zero-order valence-corrected chi connectivity index (χ0v) is 26.9. The molecule has 3 aliphatic rings. The Morgan fingerprint density at radius 2 is 1.56 bits per heavy atom. The summed E-state index contributed by atoms with van der Waals surface area (Å²) in [7, 11) is 1.65. The summed E-state index contributed by atoms with van der Waals surface area (Å²) in [6.45, 7) is 0.369. The van der Waals surface area contributed by atoms with Gasteiger partial charge in [-0.3, -0.25) is 4.57 Å². The van der Waals surface area contributed by atoms with Crippen LogP contribution in [0.1, 0.15) is 55.5 Å². The van der Waals surface area contributed by atoms with Gasteiger partial charge in [0.25, 0.3) is 0 Å². The van der Waals surface area contributed by atoms with E-state index in [2.05, 4.69) is 34.6 Å². The smallest absolute Gasteiger partial charge is 0.170 e. The number of aromatic nitrogens is 4. The molecule has 8 rings (SSSR count). The number of ether oxygens (including phenoxy) is 4. The van der Waals surface area contributed by atoms with Crippen molar-refractivity contribution in [1.82, 2.24) is 19.5 Å². The number of nitrogens with zero attached hydrogens (tertiary/aromatic N) is 4. The summed E-state index contributed by atoms with van der Waals surface area (Å²) in [4.78, 5) is 14.2. The Morgan fingerprint density at radius 3 is 2.17 bits per heavy atom. The molecule has 0 radical (unpaired) electrons. The molecule has 2 aromatic heterocycles. The molecule has 0 unspecified atom stereocenters. The molecule has 1 aliphatic carbocycles. The molecule has 3 aromatic carbocycles. The second-order valence-electron chi connectivity index (χ2n) is 13.1. The van der Waals surface area contributed by atoms with Gasteiger partial charge >= 0.3 is 0 Å². The molecule has 0 amide bonds. The summed E-state index contributed by atoms with van der Waals surface area (Å²) in [6, 6.07) is 28.3. The number of aliphatic hydroxyl groups excluding tert-OH is 1. The lowest BCUT2D eigenvalue weighted by Crippen LogP contribution is -2.51. The lowest BCUT2D eigenvalue weighted by Gasteiger charge is -2.37. The van der Waals surface area contributed by atoms with Crippen molar-refractivity contribution in [2.75, 3.05) is 25.7 Å². The summed E-state index contributed by atoms with van der Waals surface area (Å²) >= 11 is 0. The van der Waals surface area contributed by atoms with Crippen molar-refractivity contribution in [2.45, 2.75) is 67.5 Å². The van der Waals surface area contributed by atoms with Gasteiger partial charge in [0.05, 0.1) is 20.0 Å². The summed E-state index contributed by atoms with van der Waals surface area (Å²) in [5.41, 5.74) is 0.251. The Hall–Kier alpha value is -4.42. The first-order valence-electron chi connectivity index (χ1n) is 16.3. The number of benzene rings is 3. The number of methoxy groups -OCH3 is 1. The molecule has 4 atom stereocenters. The summed E-state index contributed by atoms with van der Waals surface area (Å²) in [5.74, 6) is 0.389. The van der Waals surface area contributed by atoms with Crippen molar-refractivity contribution >= 4 is 17.0 Å². The highest BCUT2D eigenvalue weighted by atomic mass is 19.1. The minimum absolute atomic E-state index is 0.464. The van der Waals surface area contributed by atoms with Gasteiger partial charge in [0.2, 0.25) is 0 Å². The Bertz CT molecular complexity index is 1860. The van der Waals surface area contributed by atoms with Crippen LogP contribution >= 0.6 is 0 Å². The fourth-order valence-electron chi connectivity index (χ4n) is 7.98. The quantitative estimate of drug-likeness (QED) is 0.188. The van der Waals surface area contributed by atoms with Crippen molar-refractivity contribution in [2.24, 2.45) is 0 Å². The molecular formula is C37H38FN5O5. The first-order valence-corrected chi connectivity index (χ1v) is 16.3. The van der Waals surface area contributed by atoms with E-state index in [9.17, 15) is 9.50 Å². The third-order valence-electron chi connectivity index (χ3n) is 10.3. The monoisotopic (exact) mass is 651 g/mol. The normalized spacial score (nSPS) is 26.2. The Balaban J connectivity index is 1.27. The maximum Gasteiger partial charge on any atom is 0.170 e. The van der Waals surface area contributed by atoms with Gasteiger partial charge in [-0.2, -0.15) is 0 Å². The number of alkyl halides is 1. The van der Waals surface area contributed by atoms with Gasteiger partial charge in [-0.1, -0.05) is 72.8 Å². The van der Waals surface area contributed by atoms with Gasteiger partial charge in [0, 0.05) is 12.8 Å². The highest BCUT2D eigenvalue weighted by Crippen LogP contribution is 2.59. The molecule has 2 saturated heterocycles. The minimum atomic E-state index is -1.60. The van der Waals surface area contributed by atoms with Crippen molar-refractivity contribution in [1.29, 1.82) is 0 Å². The molecule has 1 saturated carbocycles. The molecule has 4 heterocycles. The van der Waals surface area contributed by atoms with Crippen molar-refractivity contribution in [3.05, 3.63) is 114 Å². The fraction of sp³-hybridized carbons (Fsp3) is 0.378. The van der Waals surface area contributed by atoms with Crippen molar-refractivity contribution < 1.29 is 28.4 Å². The molecule has 0 bridgehead atoms. The third-order valence-corrected chi connectivity index (χ3v) is 10.3. The molecule has 10 nitrogen and oxygen atoms in total. The number of rotatable bonds is 9. The second kappa shape index (κ2) is 11.6. The van der Waals surface area contributed by atoms with Gasteiger partial charge in [0.1, 0.15) is 36.0 Å². The van der Waals surface area contributed by atoms with E-state index in [1.165, 1.54) is 6.33 Å².